The summed E-state index contributed by atoms with van der Waals surface area (Å²) < 4.78 is 0. The van der Waals surface area contributed by atoms with E-state index >= 15 is 0 Å². The van der Waals surface area contributed by atoms with Gasteiger partial charge in [0.2, 0.25) is 23.6 Å². The smallest absolute Gasteiger partial charge is 0.326 e. The first-order chi connectivity index (χ1) is 14.1. The highest BCUT2D eigenvalue weighted by Crippen LogP contribution is 2.10. The monoisotopic (exact) mass is 430 g/mol. The molecule has 12 nitrogen and oxygen atoms in total. The van der Waals surface area contributed by atoms with Crippen LogP contribution in [0.4, 0.5) is 0 Å². The minimum absolute atomic E-state index is 0.191. The molecule has 0 fully saturated rings. The van der Waals surface area contributed by atoms with Crippen LogP contribution in [0.2, 0.25) is 0 Å². The lowest BCUT2D eigenvalue weighted by atomic mass is 9.97. The normalized spacial score (nSPS) is 14.7. The average molecular weight is 431 g/mol. The lowest BCUT2D eigenvalue weighted by Crippen LogP contribution is -2.58. The van der Waals surface area contributed by atoms with Crippen molar-refractivity contribution in [3.8, 4) is 0 Å². The van der Waals surface area contributed by atoms with Crippen LogP contribution in [0.25, 0.3) is 0 Å². The third-order valence-electron chi connectivity index (χ3n) is 4.60. The van der Waals surface area contributed by atoms with Crippen molar-refractivity contribution >= 4 is 29.6 Å². The van der Waals surface area contributed by atoms with Crippen LogP contribution in [0.5, 0.6) is 0 Å². The third-order valence-corrected chi connectivity index (χ3v) is 4.60. The van der Waals surface area contributed by atoms with Gasteiger partial charge in [0.25, 0.3) is 0 Å². The first-order valence-electron chi connectivity index (χ1n) is 9.88. The molecule has 0 aliphatic rings. The number of nitrogens with two attached hydrogens (primary N) is 3. The van der Waals surface area contributed by atoms with Gasteiger partial charge in [0.05, 0.1) is 13.0 Å². The van der Waals surface area contributed by atoms with Crippen LogP contribution in [0.3, 0.4) is 0 Å². The Balaban J connectivity index is 5.37. The molecule has 0 bridgehead atoms. The van der Waals surface area contributed by atoms with E-state index in [4.69, 9.17) is 17.2 Å². The molecule has 0 radical (unpaired) electrons. The zero-order chi connectivity index (χ0) is 23.3. The number of unbranched alkanes of at least 4 members (excludes halogenated alkanes) is 1. The molecule has 0 spiro atoms. The molecule has 0 heterocycles. The second-order valence-corrected chi connectivity index (χ2v) is 7.05. The van der Waals surface area contributed by atoms with E-state index in [0.29, 0.717) is 25.8 Å². The number of primary amides is 1. The quantitative estimate of drug-likeness (QED) is 0.138. The molecule has 10 N–H and O–H groups in total. The van der Waals surface area contributed by atoms with Crippen molar-refractivity contribution in [1.82, 2.24) is 16.0 Å². The fourth-order valence-corrected chi connectivity index (χ4v) is 2.63. The lowest BCUT2D eigenvalue weighted by molar-refractivity contribution is -0.143. The van der Waals surface area contributed by atoms with Gasteiger partial charge in [-0.15, -0.1) is 0 Å². The van der Waals surface area contributed by atoms with Gasteiger partial charge < -0.3 is 38.3 Å². The van der Waals surface area contributed by atoms with Crippen LogP contribution in [0.15, 0.2) is 0 Å². The number of rotatable bonds is 15. The van der Waals surface area contributed by atoms with Crippen molar-refractivity contribution in [1.29, 1.82) is 0 Å². The van der Waals surface area contributed by atoms with Gasteiger partial charge in [-0.25, -0.2) is 4.79 Å². The third kappa shape index (κ3) is 10.2. The molecule has 0 aromatic rings. The van der Waals surface area contributed by atoms with E-state index in [1.807, 2.05) is 0 Å². The highest BCUT2D eigenvalue weighted by molar-refractivity contribution is 5.95. The zero-order valence-electron chi connectivity index (χ0n) is 17.5. The summed E-state index contributed by atoms with van der Waals surface area (Å²) >= 11 is 0. The Bertz CT molecular complexity index is 614. The molecule has 0 aromatic heterocycles. The van der Waals surface area contributed by atoms with Crippen LogP contribution >= 0.6 is 0 Å². The number of amides is 4. The predicted octanol–water partition coefficient (Wildman–Crippen LogP) is -2.47. The SMILES string of the molecule is CCC(C)C(NC(=O)C(CC(N)=O)NC(=O)CN)C(=O)NC(CCCCN)C(=O)O. The molecule has 4 unspecified atom stereocenters. The summed E-state index contributed by atoms with van der Waals surface area (Å²) in [6.07, 6.45) is 1.33. The maximum absolute atomic E-state index is 12.7. The van der Waals surface area contributed by atoms with E-state index in [1.165, 1.54) is 0 Å². The Morgan fingerprint density at radius 2 is 1.57 bits per heavy atom. The zero-order valence-corrected chi connectivity index (χ0v) is 17.5. The summed E-state index contributed by atoms with van der Waals surface area (Å²) in [7, 11) is 0. The van der Waals surface area contributed by atoms with Crippen molar-refractivity contribution in [2.45, 2.75) is 64.1 Å². The number of carboxylic acids is 1. The molecular formula is C18H34N6O6. The summed E-state index contributed by atoms with van der Waals surface area (Å²) in [4.78, 5) is 59.6. The molecule has 0 rings (SSSR count). The molecule has 4 atom stereocenters. The van der Waals surface area contributed by atoms with Crippen LogP contribution in [-0.4, -0.2) is 65.9 Å². The number of carbonyl (C=O) groups excluding carboxylic acids is 4. The second kappa shape index (κ2) is 14.3. The van der Waals surface area contributed by atoms with Gasteiger partial charge in [-0.05, 0) is 31.7 Å². The topological polar surface area (TPSA) is 220 Å². The summed E-state index contributed by atoms with van der Waals surface area (Å²) in [5.41, 5.74) is 15.8. The number of carboxylic acid groups (broad SMARTS) is 1. The number of hydrogen-bond donors (Lipinski definition) is 7. The summed E-state index contributed by atoms with van der Waals surface area (Å²) in [5.74, 6) is -4.54. The van der Waals surface area contributed by atoms with Crippen molar-refractivity contribution in [3.05, 3.63) is 0 Å². The molecule has 0 aliphatic heterocycles. The highest BCUT2D eigenvalue weighted by atomic mass is 16.4. The summed E-state index contributed by atoms with van der Waals surface area (Å²) in [6, 6.07) is -3.52. The fourth-order valence-electron chi connectivity index (χ4n) is 2.63. The second-order valence-electron chi connectivity index (χ2n) is 7.05. The van der Waals surface area contributed by atoms with Crippen molar-refractivity contribution < 1.29 is 29.1 Å². The van der Waals surface area contributed by atoms with E-state index in [1.54, 1.807) is 13.8 Å². The van der Waals surface area contributed by atoms with Crippen molar-refractivity contribution in [2.24, 2.45) is 23.1 Å². The number of hydrogen-bond acceptors (Lipinski definition) is 7. The van der Waals surface area contributed by atoms with Crippen LogP contribution in [-0.2, 0) is 24.0 Å². The van der Waals surface area contributed by atoms with E-state index in [9.17, 15) is 29.1 Å². The molecule has 172 valence electrons. The Morgan fingerprint density at radius 1 is 0.933 bits per heavy atom. The van der Waals surface area contributed by atoms with Crippen LogP contribution in [0, 0.1) is 5.92 Å². The van der Waals surface area contributed by atoms with Gasteiger partial charge in [0, 0.05) is 0 Å². The average Bonchev–Trinajstić information content (AvgIpc) is 2.69. The number of carbonyl (C=O) groups is 5. The summed E-state index contributed by atoms with van der Waals surface area (Å²) in [5, 5.41) is 16.5. The van der Waals surface area contributed by atoms with Crippen molar-refractivity contribution in [3.63, 3.8) is 0 Å². The van der Waals surface area contributed by atoms with Crippen LogP contribution in [0.1, 0.15) is 46.0 Å². The molecule has 0 aromatic carbocycles. The highest BCUT2D eigenvalue weighted by Gasteiger charge is 2.32. The maximum Gasteiger partial charge on any atom is 0.326 e. The van der Waals surface area contributed by atoms with Gasteiger partial charge in [0.15, 0.2) is 0 Å². The standard InChI is InChI=1S/C18H34N6O6/c1-3-10(2)15(17(28)23-11(18(29)30)6-4-5-7-19)24-16(27)12(8-13(21)25)22-14(26)9-20/h10-12,15H,3-9,19-20H2,1-2H3,(H2,21,25)(H,22,26)(H,23,28)(H,24,27)(H,29,30). The Kier molecular flexibility index (Phi) is 13.0. The van der Waals surface area contributed by atoms with Gasteiger partial charge >= 0.3 is 5.97 Å². The van der Waals surface area contributed by atoms with E-state index in [0.717, 1.165) is 0 Å². The van der Waals surface area contributed by atoms with Crippen LogP contribution < -0.4 is 33.2 Å². The van der Waals surface area contributed by atoms with Gasteiger partial charge in [-0.3, -0.25) is 19.2 Å². The minimum Gasteiger partial charge on any atom is -0.480 e. The Morgan fingerprint density at radius 3 is 2.03 bits per heavy atom. The molecule has 0 saturated carbocycles. The van der Waals surface area contributed by atoms with E-state index in [2.05, 4.69) is 16.0 Å². The Labute approximate surface area is 175 Å². The Hall–Kier alpha value is -2.73. The summed E-state index contributed by atoms with van der Waals surface area (Å²) in [6.45, 7) is 3.50. The maximum atomic E-state index is 12.7. The molecule has 4 amide bonds. The predicted molar refractivity (Wildman–Crippen MR) is 109 cm³/mol. The molecule has 30 heavy (non-hydrogen) atoms. The minimum atomic E-state index is -1.31. The lowest BCUT2D eigenvalue weighted by Gasteiger charge is -2.27. The number of aliphatic carboxylic acids is 1. The van der Waals surface area contributed by atoms with Gasteiger partial charge in [-0.1, -0.05) is 20.3 Å². The molecular weight excluding hydrogens is 396 g/mol. The fraction of sp³-hybridized carbons (Fsp3) is 0.722. The number of nitrogens with one attached hydrogen (secondary N) is 3. The first kappa shape index (κ1) is 27.3. The van der Waals surface area contributed by atoms with Gasteiger partial charge in [-0.2, -0.15) is 0 Å². The molecule has 0 saturated heterocycles. The van der Waals surface area contributed by atoms with E-state index in [-0.39, 0.29) is 12.3 Å². The molecule has 0 aliphatic carbocycles. The van der Waals surface area contributed by atoms with Crippen molar-refractivity contribution in [2.75, 3.05) is 13.1 Å². The largest absolute Gasteiger partial charge is 0.480 e. The first-order valence-corrected chi connectivity index (χ1v) is 9.88. The molecule has 12 heteroatoms. The van der Waals surface area contributed by atoms with E-state index < -0.39 is 60.7 Å². The van der Waals surface area contributed by atoms with Gasteiger partial charge in [0.1, 0.15) is 18.1 Å².